The van der Waals surface area contributed by atoms with E-state index in [9.17, 15) is 4.79 Å². The van der Waals surface area contributed by atoms with Gasteiger partial charge < -0.3 is 5.32 Å². The van der Waals surface area contributed by atoms with Crippen molar-refractivity contribution < 1.29 is 4.79 Å². The van der Waals surface area contributed by atoms with Gasteiger partial charge in [-0.05, 0) is 26.7 Å². The van der Waals surface area contributed by atoms with E-state index in [2.05, 4.69) is 17.2 Å². The summed E-state index contributed by atoms with van der Waals surface area (Å²) in [5.41, 5.74) is 1.10. The predicted octanol–water partition coefficient (Wildman–Crippen LogP) is 1.97. The lowest BCUT2D eigenvalue weighted by Crippen LogP contribution is -2.25. The van der Waals surface area contributed by atoms with Crippen LogP contribution in [0.15, 0.2) is 0 Å². The fraction of sp³-hybridized carbons (Fsp3) is 0.636. The van der Waals surface area contributed by atoms with Crippen LogP contribution in [0.1, 0.15) is 34.8 Å². The largest absolute Gasteiger partial charge is 0.353 e. The number of aromatic nitrogens is 1. The highest BCUT2D eigenvalue weighted by molar-refractivity contribution is 7.11. The lowest BCUT2D eigenvalue weighted by Gasteiger charge is -2.00. The topological polar surface area (TPSA) is 42.0 Å². The molecule has 1 aromatic rings. The molecule has 1 N–H and O–H groups in total. The van der Waals surface area contributed by atoms with Crippen molar-refractivity contribution in [1.82, 2.24) is 10.3 Å². The van der Waals surface area contributed by atoms with E-state index in [0.29, 0.717) is 12.5 Å². The van der Waals surface area contributed by atoms with E-state index in [-0.39, 0.29) is 5.91 Å². The molecule has 1 amide bonds. The first-order chi connectivity index (χ1) is 7.15. The van der Waals surface area contributed by atoms with Crippen LogP contribution in [-0.4, -0.2) is 16.9 Å². The van der Waals surface area contributed by atoms with Gasteiger partial charge in [0.1, 0.15) is 0 Å². The first kappa shape index (κ1) is 10.6. The van der Waals surface area contributed by atoms with Gasteiger partial charge in [0.15, 0.2) is 0 Å². The van der Waals surface area contributed by atoms with Gasteiger partial charge in [0.05, 0.1) is 10.7 Å². The Bertz CT molecular complexity index is 349. The number of aryl methyl sites for hydroxylation is 3. The molecule has 0 radical (unpaired) electrons. The number of rotatable bonds is 4. The van der Waals surface area contributed by atoms with E-state index in [1.54, 1.807) is 11.3 Å². The molecule has 0 bridgehead atoms. The van der Waals surface area contributed by atoms with Crippen LogP contribution < -0.4 is 5.32 Å². The van der Waals surface area contributed by atoms with E-state index < -0.39 is 0 Å². The van der Waals surface area contributed by atoms with Crippen LogP contribution in [0, 0.1) is 13.8 Å². The summed E-state index contributed by atoms with van der Waals surface area (Å²) in [6.07, 6.45) is 3.66. The Morgan fingerprint density at radius 3 is 2.80 bits per heavy atom. The van der Waals surface area contributed by atoms with E-state index in [1.807, 2.05) is 6.92 Å². The summed E-state index contributed by atoms with van der Waals surface area (Å²) < 4.78 is 0. The molecule has 1 heterocycles. The minimum absolute atomic E-state index is 0.169. The Balaban J connectivity index is 1.78. The van der Waals surface area contributed by atoms with Gasteiger partial charge in [-0.2, -0.15) is 0 Å². The zero-order valence-electron chi connectivity index (χ0n) is 9.17. The summed E-state index contributed by atoms with van der Waals surface area (Å²) in [5.74, 6) is 0.169. The Morgan fingerprint density at radius 1 is 1.53 bits per heavy atom. The number of carbonyl (C=O) groups is 1. The van der Waals surface area contributed by atoms with Crippen LogP contribution in [0.25, 0.3) is 0 Å². The standard InChI is InChI=1S/C11H16N2OS/c1-7-8(2)15-11(12-7)6-5-10(14)13-9-3-4-9/h9H,3-6H2,1-2H3,(H,13,14). The second-order valence-corrected chi connectivity index (χ2v) is 5.38. The first-order valence-electron chi connectivity index (χ1n) is 5.37. The van der Waals surface area contributed by atoms with Crippen molar-refractivity contribution in [3.8, 4) is 0 Å². The fourth-order valence-corrected chi connectivity index (χ4v) is 2.33. The van der Waals surface area contributed by atoms with Gasteiger partial charge in [0.2, 0.25) is 5.91 Å². The monoisotopic (exact) mass is 224 g/mol. The second-order valence-electron chi connectivity index (χ2n) is 4.09. The van der Waals surface area contributed by atoms with Crippen LogP contribution >= 0.6 is 11.3 Å². The van der Waals surface area contributed by atoms with Gasteiger partial charge in [0, 0.05) is 23.8 Å². The minimum Gasteiger partial charge on any atom is -0.353 e. The Morgan fingerprint density at radius 2 is 2.27 bits per heavy atom. The molecular weight excluding hydrogens is 208 g/mol. The molecular formula is C11H16N2OS. The highest BCUT2D eigenvalue weighted by Gasteiger charge is 2.22. The molecule has 0 atom stereocenters. The molecule has 4 heteroatoms. The second kappa shape index (κ2) is 4.31. The molecule has 15 heavy (non-hydrogen) atoms. The van der Waals surface area contributed by atoms with Crippen molar-refractivity contribution in [3.05, 3.63) is 15.6 Å². The lowest BCUT2D eigenvalue weighted by molar-refractivity contribution is -0.121. The van der Waals surface area contributed by atoms with E-state index in [0.717, 1.165) is 30.0 Å². The van der Waals surface area contributed by atoms with E-state index in [1.165, 1.54) is 4.88 Å². The number of hydrogen-bond acceptors (Lipinski definition) is 3. The average molecular weight is 224 g/mol. The number of carbonyl (C=O) groups excluding carboxylic acids is 1. The third-order valence-electron chi connectivity index (χ3n) is 2.58. The van der Waals surface area contributed by atoms with Crippen LogP contribution in [0.4, 0.5) is 0 Å². The molecule has 0 saturated heterocycles. The van der Waals surface area contributed by atoms with Crippen molar-refractivity contribution >= 4 is 17.2 Å². The molecule has 82 valence electrons. The number of nitrogens with zero attached hydrogens (tertiary/aromatic N) is 1. The molecule has 0 unspecified atom stereocenters. The van der Waals surface area contributed by atoms with Gasteiger partial charge >= 0.3 is 0 Å². The molecule has 1 fully saturated rings. The van der Waals surface area contributed by atoms with Gasteiger partial charge in [-0.25, -0.2) is 4.98 Å². The molecule has 0 spiro atoms. The lowest BCUT2D eigenvalue weighted by atomic mass is 10.3. The van der Waals surface area contributed by atoms with Gasteiger partial charge in [0.25, 0.3) is 0 Å². The third-order valence-corrected chi connectivity index (χ3v) is 3.71. The summed E-state index contributed by atoms with van der Waals surface area (Å²) in [6, 6.07) is 0.470. The number of hydrogen-bond donors (Lipinski definition) is 1. The molecule has 3 nitrogen and oxygen atoms in total. The highest BCUT2D eigenvalue weighted by atomic mass is 32.1. The van der Waals surface area contributed by atoms with E-state index >= 15 is 0 Å². The summed E-state index contributed by atoms with van der Waals surface area (Å²) in [6.45, 7) is 4.08. The maximum Gasteiger partial charge on any atom is 0.220 e. The third kappa shape index (κ3) is 3.02. The van der Waals surface area contributed by atoms with Crippen molar-refractivity contribution in [2.75, 3.05) is 0 Å². The van der Waals surface area contributed by atoms with Gasteiger partial charge in [-0.3, -0.25) is 4.79 Å². The van der Waals surface area contributed by atoms with Crippen molar-refractivity contribution in [1.29, 1.82) is 0 Å². The smallest absolute Gasteiger partial charge is 0.220 e. The summed E-state index contributed by atoms with van der Waals surface area (Å²) >= 11 is 1.70. The number of nitrogens with one attached hydrogen (secondary N) is 1. The molecule has 1 aliphatic rings. The Labute approximate surface area is 93.9 Å². The molecule has 2 rings (SSSR count). The minimum atomic E-state index is 0.169. The van der Waals surface area contributed by atoms with Crippen molar-refractivity contribution in [2.45, 2.75) is 45.6 Å². The summed E-state index contributed by atoms with van der Waals surface area (Å²) in [4.78, 5) is 17.1. The maximum atomic E-state index is 11.4. The zero-order chi connectivity index (χ0) is 10.8. The SMILES string of the molecule is Cc1nc(CCC(=O)NC2CC2)sc1C. The Hall–Kier alpha value is -0.900. The van der Waals surface area contributed by atoms with Crippen molar-refractivity contribution in [3.63, 3.8) is 0 Å². The van der Waals surface area contributed by atoms with Gasteiger partial charge in [-0.1, -0.05) is 0 Å². The zero-order valence-corrected chi connectivity index (χ0v) is 9.99. The van der Waals surface area contributed by atoms with Crippen LogP contribution in [0.3, 0.4) is 0 Å². The predicted molar refractivity (Wildman–Crippen MR) is 61.1 cm³/mol. The fourth-order valence-electron chi connectivity index (χ4n) is 1.39. The van der Waals surface area contributed by atoms with Crippen LogP contribution in [0.2, 0.25) is 0 Å². The van der Waals surface area contributed by atoms with Crippen LogP contribution in [0.5, 0.6) is 0 Å². The maximum absolute atomic E-state index is 11.4. The number of amides is 1. The quantitative estimate of drug-likeness (QED) is 0.849. The van der Waals surface area contributed by atoms with Crippen molar-refractivity contribution in [2.24, 2.45) is 0 Å². The molecule has 0 aliphatic heterocycles. The molecule has 1 aromatic heterocycles. The van der Waals surface area contributed by atoms with Gasteiger partial charge in [-0.15, -0.1) is 11.3 Å². The Kier molecular flexibility index (Phi) is 3.05. The summed E-state index contributed by atoms with van der Waals surface area (Å²) in [7, 11) is 0. The average Bonchev–Trinajstić information content (AvgIpc) is 2.92. The number of thiazole rings is 1. The van der Waals surface area contributed by atoms with Crippen LogP contribution in [-0.2, 0) is 11.2 Å². The highest BCUT2D eigenvalue weighted by Crippen LogP contribution is 2.20. The van der Waals surface area contributed by atoms with E-state index in [4.69, 9.17) is 0 Å². The first-order valence-corrected chi connectivity index (χ1v) is 6.19. The normalized spacial score (nSPS) is 15.3. The molecule has 1 saturated carbocycles. The molecule has 0 aromatic carbocycles. The molecule has 1 aliphatic carbocycles. The summed E-state index contributed by atoms with van der Waals surface area (Å²) in [5, 5.41) is 4.06.